The van der Waals surface area contributed by atoms with Crippen molar-refractivity contribution in [3.63, 3.8) is 0 Å². The van der Waals surface area contributed by atoms with Gasteiger partial charge in [-0.05, 0) is 73.2 Å². The molecule has 0 spiro atoms. The maximum absolute atomic E-state index is 13.0. The molecule has 0 fully saturated rings. The van der Waals surface area contributed by atoms with Crippen molar-refractivity contribution >= 4 is 58.2 Å². The van der Waals surface area contributed by atoms with Gasteiger partial charge in [-0.1, -0.05) is 48.0 Å². The van der Waals surface area contributed by atoms with Crippen molar-refractivity contribution in [2.24, 2.45) is 0 Å². The van der Waals surface area contributed by atoms with Crippen LogP contribution in [0.15, 0.2) is 84.9 Å². The molecule has 3 rings (SSSR count). The van der Waals surface area contributed by atoms with Crippen molar-refractivity contribution in [1.29, 1.82) is 0 Å². The zero-order valence-corrected chi connectivity index (χ0v) is 19.0. The predicted molar refractivity (Wildman–Crippen MR) is 135 cm³/mol. The molecule has 5 nitrogen and oxygen atoms in total. The molecule has 0 aliphatic carbocycles. The molecular weight excluding hydrogens is 442 g/mol. The van der Waals surface area contributed by atoms with Crippen LogP contribution >= 0.6 is 23.8 Å². The minimum Gasteiger partial charge on any atom is -0.332 e. The largest absolute Gasteiger partial charge is 0.332 e. The standard InChI is InChI=1S/C25H22ClN3O2S/c1-2-29(22-9-4-3-5-10-22)24(31)19-7-6-8-21(17-19)27-25(32)28-23(30)16-13-18-11-14-20(26)15-12-18/h3-17H,2H2,1H3,(H2,27,28,30,32)/b16-13+. The van der Waals surface area contributed by atoms with Crippen molar-refractivity contribution in [3.05, 3.63) is 101 Å². The first-order valence-electron chi connectivity index (χ1n) is 9.99. The van der Waals surface area contributed by atoms with Gasteiger partial charge < -0.3 is 10.2 Å². The van der Waals surface area contributed by atoms with E-state index in [1.54, 1.807) is 59.5 Å². The lowest BCUT2D eigenvalue weighted by Crippen LogP contribution is -2.33. The summed E-state index contributed by atoms with van der Waals surface area (Å²) in [5.41, 5.74) is 2.78. The number of anilines is 2. The van der Waals surface area contributed by atoms with Crippen LogP contribution < -0.4 is 15.5 Å². The zero-order chi connectivity index (χ0) is 22.9. The number of para-hydroxylation sites is 1. The van der Waals surface area contributed by atoms with Crippen molar-refractivity contribution in [2.75, 3.05) is 16.8 Å². The third-order valence-corrected chi connectivity index (χ3v) is 4.99. The number of carbonyl (C=O) groups excluding carboxylic acids is 2. The number of hydrogen-bond donors (Lipinski definition) is 2. The number of halogens is 1. The lowest BCUT2D eigenvalue weighted by Gasteiger charge is -2.21. The summed E-state index contributed by atoms with van der Waals surface area (Å²) >= 11 is 11.1. The lowest BCUT2D eigenvalue weighted by molar-refractivity contribution is -0.115. The zero-order valence-electron chi connectivity index (χ0n) is 17.4. The molecule has 0 aliphatic heterocycles. The van der Waals surface area contributed by atoms with Gasteiger partial charge in [0.1, 0.15) is 0 Å². The molecule has 3 aromatic carbocycles. The molecule has 2 amide bonds. The van der Waals surface area contributed by atoms with Gasteiger partial charge in [-0.3, -0.25) is 14.9 Å². The molecule has 0 unspecified atom stereocenters. The predicted octanol–water partition coefficient (Wildman–Crippen LogP) is 5.53. The normalized spacial score (nSPS) is 10.6. The van der Waals surface area contributed by atoms with Gasteiger partial charge in [0.05, 0.1) is 0 Å². The van der Waals surface area contributed by atoms with E-state index in [-0.39, 0.29) is 16.9 Å². The monoisotopic (exact) mass is 463 g/mol. The Hall–Kier alpha value is -3.48. The first-order valence-corrected chi connectivity index (χ1v) is 10.8. The van der Waals surface area contributed by atoms with Gasteiger partial charge in [0.15, 0.2) is 5.11 Å². The molecule has 0 saturated heterocycles. The minimum absolute atomic E-state index is 0.122. The van der Waals surface area contributed by atoms with Crippen LogP contribution in [0.3, 0.4) is 0 Å². The van der Waals surface area contributed by atoms with E-state index in [9.17, 15) is 9.59 Å². The van der Waals surface area contributed by atoms with E-state index >= 15 is 0 Å². The Bertz CT molecular complexity index is 1130. The Morgan fingerprint density at radius 3 is 2.41 bits per heavy atom. The summed E-state index contributed by atoms with van der Waals surface area (Å²) in [7, 11) is 0. The summed E-state index contributed by atoms with van der Waals surface area (Å²) in [5, 5.41) is 6.30. The molecule has 0 radical (unpaired) electrons. The number of nitrogens with one attached hydrogen (secondary N) is 2. The molecule has 2 N–H and O–H groups in total. The van der Waals surface area contributed by atoms with Crippen LogP contribution in [-0.4, -0.2) is 23.5 Å². The number of hydrogen-bond acceptors (Lipinski definition) is 3. The van der Waals surface area contributed by atoms with Crippen molar-refractivity contribution < 1.29 is 9.59 Å². The topological polar surface area (TPSA) is 61.4 Å². The van der Waals surface area contributed by atoms with E-state index in [4.69, 9.17) is 23.8 Å². The fraction of sp³-hybridized carbons (Fsp3) is 0.0800. The summed E-state index contributed by atoms with van der Waals surface area (Å²) in [6.07, 6.45) is 3.05. The first-order chi connectivity index (χ1) is 15.5. The fourth-order valence-electron chi connectivity index (χ4n) is 3.00. The van der Waals surface area contributed by atoms with Crippen molar-refractivity contribution in [3.8, 4) is 0 Å². The van der Waals surface area contributed by atoms with Gasteiger partial charge in [0.25, 0.3) is 5.91 Å². The number of thiocarbonyl (C=S) groups is 1. The molecule has 0 aliphatic rings. The van der Waals surface area contributed by atoms with Gasteiger partial charge in [0, 0.05) is 34.6 Å². The second-order valence-corrected chi connectivity index (χ2v) is 7.64. The highest BCUT2D eigenvalue weighted by Crippen LogP contribution is 2.19. The third kappa shape index (κ3) is 6.51. The fourth-order valence-corrected chi connectivity index (χ4v) is 3.34. The highest BCUT2D eigenvalue weighted by molar-refractivity contribution is 7.80. The van der Waals surface area contributed by atoms with Crippen LogP contribution in [0, 0.1) is 0 Å². The second kappa shape index (κ2) is 11.2. The van der Waals surface area contributed by atoms with E-state index < -0.39 is 0 Å². The minimum atomic E-state index is -0.370. The summed E-state index contributed by atoms with van der Waals surface area (Å²) in [6.45, 7) is 2.46. The SMILES string of the molecule is CCN(C(=O)c1cccc(NC(=S)NC(=O)/C=C/c2ccc(Cl)cc2)c1)c1ccccc1. The molecule has 3 aromatic rings. The number of rotatable bonds is 6. The summed E-state index contributed by atoms with van der Waals surface area (Å²) < 4.78 is 0. The summed E-state index contributed by atoms with van der Waals surface area (Å²) in [4.78, 5) is 26.8. The van der Waals surface area contributed by atoms with E-state index in [1.165, 1.54) is 6.08 Å². The third-order valence-electron chi connectivity index (χ3n) is 4.53. The highest BCUT2D eigenvalue weighted by atomic mass is 35.5. The lowest BCUT2D eigenvalue weighted by atomic mass is 10.1. The van der Waals surface area contributed by atoms with Gasteiger partial charge in [-0.25, -0.2) is 0 Å². The van der Waals surface area contributed by atoms with Crippen LogP contribution in [-0.2, 0) is 4.79 Å². The molecule has 162 valence electrons. The van der Waals surface area contributed by atoms with Gasteiger partial charge in [-0.15, -0.1) is 0 Å². The summed E-state index contributed by atoms with van der Waals surface area (Å²) in [6, 6.07) is 23.6. The molecule has 7 heteroatoms. The smallest absolute Gasteiger partial charge is 0.258 e. The molecule has 0 heterocycles. The number of amides is 2. The average molecular weight is 464 g/mol. The van der Waals surface area contributed by atoms with Crippen LogP contribution in [0.4, 0.5) is 11.4 Å². The highest BCUT2D eigenvalue weighted by Gasteiger charge is 2.16. The van der Waals surface area contributed by atoms with Gasteiger partial charge in [0.2, 0.25) is 5.91 Å². The van der Waals surface area contributed by atoms with Crippen LogP contribution in [0.5, 0.6) is 0 Å². The van der Waals surface area contributed by atoms with Gasteiger partial charge in [-0.2, -0.15) is 0 Å². The second-order valence-electron chi connectivity index (χ2n) is 6.79. The Labute approximate surface area is 197 Å². The molecule has 0 bridgehead atoms. The number of nitrogens with zero attached hydrogens (tertiary/aromatic N) is 1. The number of benzene rings is 3. The maximum Gasteiger partial charge on any atom is 0.258 e. The van der Waals surface area contributed by atoms with E-state index in [1.807, 2.05) is 37.3 Å². The first kappa shape index (κ1) is 23.2. The number of carbonyl (C=O) groups is 2. The van der Waals surface area contributed by atoms with Crippen LogP contribution in [0.1, 0.15) is 22.8 Å². The van der Waals surface area contributed by atoms with E-state index in [0.29, 0.717) is 22.8 Å². The Morgan fingerprint density at radius 2 is 1.72 bits per heavy atom. The van der Waals surface area contributed by atoms with Crippen molar-refractivity contribution in [1.82, 2.24) is 5.32 Å². The molecular formula is C25H22ClN3O2S. The van der Waals surface area contributed by atoms with Crippen LogP contribution in [0.25, 0.3) is 6.08 Å². The van der Waals surface area contributed by atoms with Gasteiger partial charge >= 0.3 is 0 Å². The van der Waals surface area contributed by atoms with Crippen LogP contribution in [0.2, 0.25) is 5.02 Å². The Morgan fingerprint density at radius 1 is 1.00 bits per heavy atom. The van der Waals surface area contributed by atoms with E-state index in [0.717, 1.165) is 11.3 Å². The van der Waals surface area contributed by atoms with E-state index in [2.05, 4.69) is 10.6 Å². The Balaban J connectivity index is 1.62. The van der Waals surface area contributed by atoms with Crippen molar-refractivity contribution in [2.45, 2.75) is 6.92 Å². The molecule has 0 atom stereocenters. The maximum atomic E-state index is 13.0. The molecule has 0 aromatic heterocycles. The average Bonchev–Trinajstić information content (AvgIpc) is 2.80. The molecule has 0 saturated carbocycles. The molecule has 32 heavy (non-hydrogen) atoms. The summed E-state index contributed by atoms with van der Waals surface area (Å²) in [5.74, 6) is -0.492. The Kier molecular flexibility index (Phi) is 8.14. The quantitative estimate of drug-likeness (QED) is 0.372.